The molecule has 5 heteroatoms. The van der Waals surface area contributed by atoms with E-state index in [1.54, 1.807) is 39.0 Å². The van der Waals surface area contributed by atoms with Gasteiger partial charge in [-0.2, -0.15) is 0 Å². The summed E-state index contributed by atoms with van der Waals surface area (Å²) in [5.41, 5.74) is 0.546. The van der Waals surface area contributed by atoms with E-state index in [-0.39, 0.29) is 6.04 Å². The van der Waals surface area contributed by atoms with E-state index in [9.17, 15) is 9.59 Å². The van der Waals surface area contributed by atoms with Gasteiger partial charge in [0.2, 0.25) is 0 Å². The number of carbonyl (C=O) groups excluding carboxylic acids is 1. The average molecular weight is 293 g/mol. The number of carboxylic acids is 1. The first-order valence-electron chi connectivity index (χ1n) is 7.00. The van der Waals surface area contributed by atoms with Crippen molar-refractivity contribution in [1.29, 1.82) is 0 Å². The maximum Gasteiger partial charge on any atom is 0.407 e. The van der Waals surface area contributed by atoms with Gasteiger partial charge in [0, 0.05) is 6.04 Å². The molecule has 1 atom stereocenters. The van der Waals surface area contributed by atoms with Crippen LogP contribution in [0, 0.1) is 0 Å². The number of rotatable bonds is 5. The quantitative estimate of drug-likeness (QED) is 0.874. The molecule has 0 unspecified atom stereocenters. The van der Waals surface area contributed by atoms with Gasteiger partial charge < -0.3 is 15.2 Å². The first-order valence-corrected chi connectivity index (χ1v) is 7.00. The van der Waals surface area contributed by atoms with E-state index in [0.29, 0.717) is 18.4 Å². The minimum Gasteiger partial charge on any atom is -0.478 e. The molecule has 0 spiro atoms. The van der Waals surface area contributed by atoms with Crippen molar-refractivity contribution < 1.29 is 19.4 Å². The minimum atomic E-state index is -0.932. The minimum absolute atomic E-state index is 0.0956. The SMILES string of the molecule is C[C@H](CCc1ccccc1C(=O)O)NC(=O)OC(C)(C)C. The summed E-state index contributed by atoms with van der Waals surface area (Å²) in [5, 5.41) is 11.9. The lowest BCUT2D eigenvalue weighted by atomic mass is 10.0. The molecule has 0 fully saturated rings. The zero-order valence-corrected chi connectivity index (χ0v) is 13.0. The average Bonchev–Trinajstić information content (AvgIpc) is 2.34. The summed E-state index contributed by atoms with van der Waals surface area (Å²) in [6.45, 7) is 7.29. The normalized spacial score (nSPS) is 12.6. The highest BCUT2D eigenvalue weighted by Crippen LogP contribution is 2.13. The number of hydrogen-bond donors (Lipinski definition) is 2. The molecule has 0 aliphatic carbocycles. The van der Waals surface area contributed by atoms with Crippen LogP contribution in [0.5, 0.6) is 0 Å². The van der Waals surface area contributed by atoms with Crippen LogP contribution in [0.25, 0.3) is 0 Å². The van der Waals surface area contributed by atoms with Crippen LogP contribution in [0.4, 0.5) is 4.79 Å². The van der Waals surface area contributed by atoms with Gasteiger partial charge in [-0.25, -0.2) is 9.59 Å². The van der Waals surface area contributed by atoms with Crippen molar-refractivity contribution in [3.8, 4) is 0 Å². The number of hydrogen-bond acceptors (Lipinski definition) is 3. The Kier molecular flexibility index (Phi) is 5.76. The summed E-state index contributed by atoms with van der Waals surface area (Å²) in [4.78, 5) is 22.7. The van der Waals surface area contributed by atoms with Crippen molar-refractivity contribution >= 4 is 12.1 Å². The highest BCUT2D eigenvalue weighted by molar-refractivity contribution is 5.89. The van der Waals surface area contributed by atoms with Crippen LogP contribution in [-0.2, 0) is 11.2 Å². The second-order valence-corrected chi connectivity index (χ2v) is 6.05. The Morgan fingerprint density at radius 3 is 2.48 bits per heavy atom. The van der Waals surface area contributed by atoms with E-state index in [1.165, 1.54) is 0 Å². The first-order chi connectivity index (χ1) is 9.69. The molecule has 116 valence electrons. The molecule has 0 radical (unpaired) electrons. The first kappa shape index (κ1) is 17.0. The van der Waals surface area contributed by atoms with Crippen LogP contribution in [0.3, 0.4) is 0 Å². The second kappa shape index (κ2) is 7.11. The largest absolute Gasteiger partial charge is 0.478 e. The van der Waals surface area contributed by atoms with E-state index in [2.05, 4.69) is 5.32 Å². The van der Waals surface area contributed by atoms with Gasteiger partial charge in [0.1, 0.15) is 5.60 Å². The van der Waals surface area contributed by atoms with Gasteiger partial charge >= 0.3 is 12.1 Å². The number of aryl methyl sites for hydroxylation is 1. The number of ether oxygens (including phenoxy) is 1. The summed E-state index contributed by atoms with van der Waals surface area (Å²) in [6.07, 6.45) is 0.768. The number of aromatic carboxylic acids is 1. The van der Waals surface area contributed by atoms with Gasteiger partial charge in [-0.1, -0.05) is 18.2 Å². The molecule has 1 amide bonds. The van der Waals surface area contributed by atoms with Crippen molar-refractivity contribution in [1.82, 2.24) is 5.32 Å². The lowest BCUT2D eigenvalue weighted by Crippen LogP contribution is -2.37. The number of carboxylic acid groups (broad SMARTS) is 1. The Morgan fingerprint density at radius 2 is 1.90 bits per heavy atom. The van der Waals surface area contributed by atoms with Crippen molar-refractivity contribution in [2.24, 2.45) is 0 Å². The molecule has 1 aromatic rings. The van der Waals surface area contributed by atoms with Gasteiger partial charge in [0.05, 0.1) is 5.56 Å². The van der Waals surface area contributed by atoms with E-state index in [4.69, 9.17) is 9.84 Å². The van der Waals surface area contributed by atoms with Crippen molar-refractivity contribution in [3.05, 3.63) is 35.4 Å². The fourth-order valence-corrected chi connectivity index (χ4v) is 1.90. The summed E-state index contributed by atoms with van der Waals surface area (Å²) in [6, 6.07) is 6.80. The maximum absolute atomic E-state index is 11.6. The molecule has 0 saturated carbocycles. The molecule has 1 aromatic carbocycles. The Bertz CT molecular complexity index is 505. The van der Waals surface area contributed by atoms with Crippen LogP contribution < -0.4 is 5.32 Å². The summed E-state index contributed by atoms with van der Waals surface area (Å²) in [7, 11) is 0. The summed E-state index contributed by atoms with van der Waals surface area (Å²) >= 11 is 0. The molecular weight excluding hydrogens is 270 g/mol. The third kappa shape index (κ3) is 6.29. The van der Waals surface area contributed by atoms with Crippen LogP contribution in [0.2, 0.25) is 0 Å². The summed E-state index contributed by atoms with van der Waals surface area (Å²) in [5.74, 6) is -0.932. The lowest BCUT2D eigenvalue weighted by Gasteiger charge is -2.22. The number of carbonyl (C=O) groups is 2. The van der Waals surface area contributed by atoms with Crippen LogP contribution in [0.15, 0.2) is 24.3 Å². The molecule has 0 aromatic heterocycles. The van der Waals surface area contributed by atoms with Gasteiger partial charge in [-0.15, -0.1) is 0 Å². The predicted octanol–water partition coefficient (Wildman–Crippen LogP) is 3.23. The fourth-order valence-electron chi connectivity index (χ4n) is 1.90. The molecule has 0 heterocycles. The maximum atomic E-state index is 11.6. The van der Waals surface area contributed by atoms with Gasteiger partial charge in [-0.05, 0) is 52.2 Å². The highest BCUT2D eigenvalue weighted by atomic mass is 16.6. The van der Waals surface area contributed by atoms with Crippen LogP contribution >= 0.6 is 0 Å². The van der Waals surface area contributed by atoms with E-state index >= 15 is 0 Å². The third-order valence-corrected chi connectivity index (χ3v) is 2.86. The molecular formula is C16H23NO4. The lowest BCUT2D eigenvalue weighted by molar-refractivity contribution is 0.0505. The highest BCUT2D eigenvalue weighted by Gasteiger charge is 2.18. The standard InChI is InChI=1S/C16H23NO4/c1-11(17-15(20)21-16(2,3)4)9-10-12-7-5-6-8-13(12)14(18)19/h5-8,11H,9-10H2,1-4H3,(H,17,20)(H,18,19)/t11-/m1/s1. The number of nitrogens with one attached hydrogen (secondary N) is 1. The predicted molar refractivity (Wildman–Crippen MR) is 80.6 cm³/mol. The van der Waals surface area contributed by atoms with Gasteiger partial charge in [0.15, 0.2) is 0 Å². The van der Waals surface area contributed by atoms with E-state index in [0.717, 1.165) is 5.56 Å². The zero-order valence-electron chi connectivity index (χ0n) is 13.0. The van der Waals surface area contributed by atoms with Crippen LogP contribution in [-0.4, -0.2) is 28.8 Å². The van der Waals surface area contributed by atoms with Gasteiger partial charge in [0.25, 0.3) is 0 Å². The molecule has 0 aliphatic rings. The molecule has 21 heavy (non-hydrogen) atoms. The molecule has 0 saturated heterocycles. The molecule has 1 rings (SSSR count). The molecule has 5 nitrogen and oxygen atoms in total. The monoisotopic (exact) mass is 293 g/mol. The van der Waals surface area contributed by atoms with Gasteiger partial charge in [-0.3, -0.25) is 0 Å². The number of alkyl carbamates (subject to hydrolysis) is 1. The van der Waals surface area contributed by atoms with E-state index < -0.39 is 17.7 Å². The molecule has 0 aliphatic heterocycles. The Hall–Kier alpha value is -2.04. The zero-order chi connectivity index (χ0) is 16.0. The Labute approximate surface area is 125 Å². The van der Waals surface area contributed by atoms with E-state index in [1.807, 2.05) is 13.0 Å². The summed E-state index contributed by atoms with van der Waals surface area (Å²) < 4.78 is 5.18. The second-order valence-electron chi connectivity index (χ2n) is 6.05. The third-order valence-electron chi connectivity index (χ3n) is 2.86. The van der Waals surface area contributed by atoms with Crippen molar-refractivity contribution in [3.63, 3.8) is 0 Å². The molecule has 0 bridgehead atoms. The Morgan fingerprint density at radius 1 is 1.29 bits per heavy atom. The topological polar surface area (TPSA) is 75.6 Å². The van der Waals surface area contributed by atoms with Crippen molar-refractivity contribution in [2.75, 3.05) is 0 Å². The van der Waals surface area contributed by atoms with Crippen LogP contribution in [0.1, 0.15) is 50.0 Å². The molecule has 2 N–H and O–H groups in total. The Balaban J connectivity index is 2.52. The smallest absolute Gasteiger partial charge is 0.407 e. The number of benzene rings is 1. The fraction of sp³-hybridized carbons (Fsp3) is 0.500. The number of amides is 1. The van der Waals surface area contributed by atoms with Crippen molar-refractivity contribution in [2.45, 2.75) is 52.2 Å².